The van der Waals surface area contributed by atoms with Crippen molar-refractivity contribution in [2.45, 2.75) is 45.6 Å². The Morgan fingerprint density at radius 2 is 2.44 bits per heavy atom. The fraction of sp³-hybridized carbons (Fsp3) is 0.692. The topological polar surface area (TPSA) is 12.0 Å². The van der Waals surface area contributed by atoms with E-state index in [0.29, 0.717) is 6.04 Å². The van der Waals surface area contributed by atoms with Gasteiger partial charge in [0.05, 0.1) is 2.88 Å². The first-order valence-corrected chi connectivity index (χ1v) is 8.11. The standard InChI is InChI=1S/C13H20INS/c1-3-9(2)8-15-11-5-4-6-12-10(11)7-13(14)16-12/h7,9,11,15H,3-6,8H2,1-2H3. The van der Waals surface area contributed by atoms with E-state index < -0.39 is 0 Å². The lowest BCUT2D eigenvalue weighted by Crippen LogP contribution is -2.28. The predicted octanol–water partition coefficient (Wildman–Crippen LogP) is 4.37. The first kappa shape index (κ1) is 12.8. The second kappa shape index (κ2) is 5.83. The number of rotatable bonds is 4. The summed E-state index contributed by atoms with van der Waals surface area (Å²) in [6, 6.07) is 3.01. The van der Waals surface area contributed by atoms with E-state index in [1.54, 1.807) is 10.4 Å². The quantitative estimate of drug-likeness (QED) is 0.796. The molecule has 0 fully saturated rings. The van der Waals surface area contributed by atoms with Crippen molar-refractivity contribution in [1.29, 1.82) is 0 Å². The van der Waals surface area contributed by atoms with Crippen LogP contribution in [0.4, 0.5) is 0 Å². The van der Waals surface area contributed by atoms with Crippen LogP contribution in [0.5, 0.6) is 0 Å². The number of hydrogen-bond acceptors (Lipinski definition) is 2. The maximum atomic E-state index is 3.75. The molecule has 0 aromatic carbocycles. The lowest BCUT2D eigenvalue weighted by molar-refractivity contribution is 0.411. The van der Waals surface area contributed by atoms with Gasteiger partial charge >= 0.3 is 0 Å². The highest BCUT2D eigenvalue weighted by molar-refractivity contribution is 14.1. The van der Waals surface area contributed by atoms with Crippen LogP contribution in [0.15, 0.2) is 6.07 Å². The fourth-order valence-corrected chi connectivity index (χ4v) is 4.34. The predicted molar refractivity (Wildman–Crippen MR) is 80.2 cm³/mol. The molecule has 0 aliphatic heterocycles. The summed E-state index contributed by atoms with van der Waals surface area (Å²) in [6.07, 6.45) is 5.23. The van der Waals surface area contributed by atoms with Gasteiger partial charge in [0.15, 0.2) is 0 Å². The number of thiophene rings is 1. The zero-order chi connectivity index (χ0) is 11.5. The van der Waals surface area contributed by atoms with Crippen LogP contribution >= 0.6 is 33.9 Å². The summed E-state index contributed by atoms with van der Waals surface area (Å²) in [5.74, 6) is 0.795. The summed E-state index contributed by atoms with van der Waals surface area (Å²) in [5.41, 5.74) is 1.59. The Hall–Kier alpha value is 0.390. The lowest BCUT2D eigenvalue weighted by atomic mass is 9.93. The molecule has 1 nitrogen and oxygen atoms in total. The van der Waals surface area contributed by atoms with Crippen molar-refractivity contribution >= 4 is 33.9 Å². The molecule has 2 atom stereocenters. The van der Waals surface area contributed by atoms with Crippen molar-refractivity contribution in [2.24, 2.45) is 5.92 Å². The second-order valence-electron chi connectivity index (χ2n) is 4.80. The highest BCUT2D eigenvalue weighted by atomic mass is 127. The van der Waals surface area contributed by atoms with Crippen LogP contribution in [-0.2, 0) is 6.42 Å². The molecule has 1 aromatic heterocycles. The number of halogens is 1. The van der Waals surface area contributed by atoms with Gasteiger partial charge < -0.3 is 5.32 Å². The Bertz CT molecular complexity index is 348. The Labute approximate surface area is 116 Å². The van der Waals surface area contributed by atoms with Crippen molar-refractivity contribution in [3.63, 3.8) is 0 Å². The van der Waals surface area contributed by atoms with Gasteiger partial charge in [-0.25, -0.2) is 0 Å². The van der Waals surface area contributed by atoms with Crippen molar-refractivity contribution in [1.82, 2.24) is 5.32 Å². The third-order valence-corrected chi connectivity index (χ3v) is 5.46. The molecule has 0 saturated heterocycles. The number of nitrogens with one attached hydrogen (secondary N) is 1. The number of aryl methyl sites for hydroxylation is 1. The first-order chi connectivity index (χ1) is 7.70. The minimum absolute atomic E-state index is 0.623. The lowest BCUT2D eigenvalue weighted by Gasteiger charge is -2.25. The minimum Gasteiger partial charge on any atom is -0.310 e. The van der Waals surface area contributed by atoms with E-state index in [0.717, 1.165) is 12.5 Å². The van der Waals surface area contributed by atoms with E-state index >= 15 is 0 Å². The highest BCUT2D eigenvalue weighted by Gasteiger charge is 2.22. The van der Waals surface area contributed by atoms with Gasteiger partial charge in [0, 0.05) is 10.9 Å². The van der Waals surface area contributed by atoms with Crippen LogP contribution in [0, 0.1) is 8.80 Å². The Morgan fingerprint density at radius 1 is 1.62 bits per heavy atom. The molecular formula is C13H20INS. The van der Waals surface area contributed by atoms with E-state index in [-0.39, 0.29) is 0 Å². The largest absolute Gasteiger partial charge is 0.310 e. The van der Waals surface area contributed by atoms with E-state index in [9.17, 15) is 0 Å². The van der Waals surface area contributed by atoms with Crippen molar-refractivity contribution in [3.05, 3.63) is 19.4 Å². The Balaban J connectivity index is 2.01. The van der Waals surface area contributed by atoms with Crippen LogP contribution in [0.1, 0.15) is 49.6 Å². The van der Waals surface area contributed by atoms with Crippen LogP contribution in [0.25, 0.3) is 0 Å². The molecule has 2 rings (SSSR count). The summed E-state index contributed by atoms with van der Waals surface area (Å²) in [5, 5.41) is 3.75. The molecular weight excluding hydrogens is 329 g/mol. The van der Waals surface area contributed by atoms with E-state index in [2.05, 4.69) is 47.8 Å². The molecule has 1 aromatic rings. The monoisotopic (exact) mass is 349 g/mol. The Morgan fingerprint density at radius 3 is 3.19 bits per heavy atom. The maximum Gasteiger partial charge on any atom is 0.0659 e. The summed E-state index contributed by atoms with van der Waals surface area (Å²) < 4.78 is 1.44. The molecule has 90 valence electrons. The second-order valence-corrected chi connectivity index (χ2v) is 7.83. The number of hydrogen-bond donors (Lipinski definition) is 1. The van der Waals surface area contributed by atoms with Gasteiger partial charge in [0.2, 0.25) is 0 Å². The molecule has 1 N–H and O–H groups in total. The van der Waals surface area contributed by atoms with Gasteiger partial charge in [-0.1, -0.05) is 20.3 Å². The molecule has 1 aliphatic rings. The van der Waals surface area contributed by atoms with Crippen LogP contribution in [0.2, 0.25) is 0 Å². The number of fused-ring (bicyclic) bond motifs is 1. The zero-order valence-corrected chi connectivity index (χ0v) is 13.0. The van der Waals surface area contributed by atoms with Gasteiger partial charge in [0.25, 0.3) is 0 Å². The summed E-state index contributed by atoms with van der Waals surface area (Å²) >= 11 is 4.43. The molecule has 2 unspecified atom stereocenters. The summed E-state index contributed by atoms with van der Waals surface area (Å²) in [4.78, 5) is 1.62. The summed E-state index contributed by atoms with van der Waals surface area (Å²) in [7, 11) is 0. The van der Waals surface area contributed by atoms with E-state index in [4.69, 9.17) is 0 Å². The van der Waals surface area contributed by atoms with Gasteiger partial charge in [-0.3, -0.25) is 0 Å². The van der Waals surface area contributed by atoms with Crippen LogP contribution < -0.4 is 5.32 Å². The maximum absolute atomic E-state index is 3.75. The van der Waals surface area contributed by atoms with Gasteiger partial charge in [0.1, 0.15) is 0 Å². The fourth-order valence-electron chi connectivity index (χ4n) is 2.22. The highest BCUT2D eigenvalue weighted by Crippen LogP contribution is 2.36. The van der Waals surface area contributed by atoms with Gasteiger partial charge in [-0.15, -0.1) is 11.3 Å². The zero-order valence-electron chi connectivity index (χ0n) is 10.1. The molecule has 0 amide bonds. The van der Waals surface area contributed by atoms with E-state index in [1.807, 2.05) is 11.3 Å². The third kappa shape index (κ3) is 2.99. The van der Waals surface area contributed by atoms with E-state index in [1.165, 1.54) is 28.6 Å². The van der Waals surface area contributed by atoms with Gasteiger partial charge in [-0.2, -0.15) is 0 Å². The van der Waals surface area contributed by atoms with Crippen molar-refractivity contribution < 1.29 is 0 Å². The third-order valence-electron chi connectivity index (χ3n) is 3.49. The average Bonchev–Trinajstić information content (AvgIpc) is 2.66. The molecule has 3 heteroatoms. The Kier molecular flexibility index (Phi) is 4.67. The first-order valence-electron chi connectivity index (χ1n) is 6.22. The molecule has 0 spiro atoms. The molecule has 16 heavy (non-hydrogen) atoms. The normalized spacial score (nSPS) is 21.8. The minimum atomic E-state index is 0.623. The van der Waals surface area contributed by atoms with Gasteiger partial charge in [-0.05, 0) is 65.9 Å². The SMILES string of the molecule is CCC(C)CNC1CCCc2sc(I)cc21. The molecule has 0 bridgehead atoms. The van der Waals surface area contributed by atoms with Crippen molar-refractivity contribution in [2.75, 3.05) is 6.54 Å². The molecule has 1 aliphatic carbocycles. The summed E-state index contributed by atoms with van der Waals surface area (Å²) in [6.45, 7) is 5.76. The van der Waals surface area contributed by atoms with Crippen molar-refractivity contribution in [3.8, 4) is 0 Å². The van der Waals surface area contributed by atoms with Crippen LogP contribution in [0.3, 0.4) is 0 Å². The average molecular weight is 349 g/mol. The smallest absolute Gasteiger partial charge is 0.0659 e. The molecule has 0 radical (unpaired) electrons. The molecule has 1 heterocycles. The molecule has 0 saturated carbocycles. The van der Waals surface area contributed by atoms with Crippen LogP contribution in [-0.4, -0.2) is 6.54 Å².